The van der Waals surface area contributed by atoms with Crippen molar-refractivity contribution in [3.05, 3.63) is 83.9 Å². The molecule has 0 radical (unpaired) electrons. The Morgan fingerprint density at radius 3 is 1.97 bits per heavy atom. The summed E-state index contributed by atoms with van der Waals surface area (Å²) in [5, 5.41) is 2.73. The lowest BCUT2D eigenvalue weighted by Gasteiger charge is -2.24. The van der Waals surface area contributed by atoms with E-state index in [-0.39, 0.29) is 24.6 Å². The average Bonchev–Trinajstić information content (AvgIpc) is 2.81. The highest BCUT2D eigenvalue weighted by Gasteiger charge is 2.27. The number of amides is 1. The van der Waals surface area contributed by atoms with Crippen LogP contribution in [0.4, 0.5) is 5.69 Å². The number of benzene rings is 3. The van der Waals surface area contributed by atoms with Gasteiger partial charge >= 0.3 is 0 Å². The molecule has 0 unspecified atom stereocenters. The van der Waals surface area contributed by atoms with E-state index in [1.54, 1.807) is 67.8 Å². The molecule has 0 bridgehead atoms. The zero-order valence-electron chi connectivity index (χ0n) is 18.9. The van der Waals surface area contributed by atoms with Gasteiger partial charge in [0.1, 0.15) is 24.7 Å². The summed E-state index contributed by atoms with van der Waals surface area (Å²) in [5.41, 5.74) is 2.36. The molecule has 1 N–H and O–H groups in total. The maximum atomic E-state index is 13.3. The van der Waals surface area contributed by atoms with E-state index in [0.717, 1.165) is 21.2 Å². The number of nitrogens with zero attached hydrogens (tertiary/aromatic N) is 1. The van der Waals surface area contributed by atoms with E-state index in [0.29, 0.717) is 11.4 Å². The number of hydrogen-bond acceptors (Lipinski definition) is 5. The smallest absolute Gasteiger partial charge is 0.264 e. The first-order valence-electron chi connectivity index (χ1n) is 10.5. The van der Waals surface area contributed by atoms with Gasteiger partial charge in [-0.05, 0) is 62.4 Å². The van der Waals surface area contributed by atoms with Crippen molar-refractivity contribution in [2.75, 3.05) is 31.1 Å². The van der Waals surface area contributed by atoms with Crippen LogP contribution >= 0.6 is 0 Å². The quantitative estimate of drug-likeness (QED) is 0.459. The summed E-state index contributed by atoms with van der Waals surface area (Å²) in [5.74, 6) is 0.944. The SMILES string of the molecule is COc1ccc(OCCNC(=O)CN(c2ccc(C)cc2)S(=O)(=O)c2ccc(C)cc2)cc1. The van der Waals surface area contributed by atoms with Gasteiger partial charge in [-0.2, -0.15) is 0 Å². The van der Waals surface area contributed by atoms with Gasteiger partial charge in [-0.15, -0.1) is 0 Å². The zero-order valence-corrected chi connectivity index (χ0v) is 19.8. The van der Waals surface area contributed by atoms with Crippen LogP contribution in [0.1, 0.15) is 11.1 Å². The third-order valence-electron chi connectivity index (χ3n) is 4.97. The first kappa shape index (κ1) is 24.1. The zero-order chi connectivity index (χ0) is 23.8. The third-order valence-corrected chi connectivity index (χ3v) is 6.76. The van der Waals surface area contributed by atoms with E-state index in [1.165, 1.54) is 0 Å². The molecule has 0 saturated heterocycles. The van der Waals surface area contributed by atoms with Crippen molar-refractivity contribution >= 4 is 21.6 Å². The summed E-state index contributed by atoms with van der Waals surface area (Å²) in [6, 6.07) is 20.7. The Bertz CT molecular complexity index is 1160. The fourth-order valence-corrected chi connectivity index (χ4v) is 4.50. The Morgan fingerprint density at radius 1 is 0.848 bits per heavy atom. The topological polar surface area (TPSA) is 84.9 Å². The summed E-state index contributed by atoms with van der Waals surface area (Å²) in [4.78, 5) is 12.8. The third kappa shape index (κ3) is 6.49. The molecule has 0 fully saturated rings. The normalized spacial score (nSPS) is 11.0. The number of carbonyl (C=O) groups excluding carboxylic acids is 1. The second-order valence-corrected chi connectivity index (χ2v) is 9.40. The fraction of sp³-hybridized carbons (Fsp3) is 0.240. The maximum absolute atomic E-state index is 13.3. The van der Waals surface area contributed by atoms with Gasteiger partial charge in [-0.25, -0.2) is 8.42 Å². The number of carbonyl (C=O) groups is 1. The fourth-order valence-electron chi connectivity index (χ4n) is 3.08. The van der Waals surface area contributed by atoms with Crippen molar-refractivity contribution in [2.45, 2.75) is 18.7 Å². The van der Waals surface area contributed by atoms with Gasteiger partial charge in [0.15, 0.2) is 0 Å². The molecule has 3 aromatic carbocycles. The van der Waals surface area contributed by atoms with Crippen LogP contribution in [0.25, 0.3) is 0 Å². The Kier molecular flexibility index (Phi) is 7.95. The highest BCUT2D eigenvalue weighted by molar-refractivity contribution is 7.92. The summed E-state index contributed by atoms with van der Waals surface area (Å²) in [6.45, 7) is 3.93. The van der Waals surface area contributed by atoms with E-state index in [1.807, 2.05) is 26.0 Å². The molecule has 0 aliphatic heterocycles. The lowest BCUT2D eigenvalue weighted by atomic mass is 10.2. The van der Waals surface area contributed by atoms with Crippen LogP contribution in [-0.2, 0) is 14.8 Å². The van der Waals surface area contributed by atoms with Gasteiger partial charge in [0.05, 0.1) is 24.2 Å². The molecule has 0 atom stereocenters. The van der Waals surface area contributed by atoms with Crippen molar-refractivity contribution in [1.29, 1.82) is 0 Å². The minimum atomic E-state index is -3.93. The molecule has 3 rings (SSSR count). The van der Waals surface area contributed by atoms with Crippen LogP contribution in [-0.4, -0.2) is 41.1 Å². The number of sulfonamides is 1. The van der Waals surface area contributed by atoms with Gasteiger partial charge < -0.3 is 14.8 Å². The van der Waals surface area contributed by atoms with E-state index < -0.39 is 15.9 Å². The number of ether oxygens (including phenoxy) is 2. The molecular weight excluding hydrogens is 440 g/mol. The summed E-state index contributed by atoms with van der Waals surface area (Å²) >= 11 is 0. The number of aryl methyl sites for hydroxylation is 2. The van der Waals surface area contributed by atoms with Gasteiger partial charge in [-0.1, -0.05) is 35.4 Å². The van der Waals surface area contributed by atoms with E-state index in [4.69, 9.17) is 9.47 Å². The van der Waals surface area contributed by atoms with Gasteiger partial charge in [-0.3, -0.25) is 9.10 Å². The number of hydrogen-bond donors (Lipinski definition) is 1. The highest BCUT2D eigenvalue weighted by atomic mass is 32.2. The predicted molar refractivity (Wildman–Crippen MR) is 128 cm³/mol. The second kappa shape index (κ2) is 10.9. The Morgan fingerprint density at radius 2 is 1.39 bits per heavy atom. The summed E-state index contributed by atoms with van der Waals surface area (Å²) in [7, 11) is -2.34. The van der Waals surface area contributed by atoms with Crippen LogP contribution in [0.2, 0.25) is 0 Å². The van der Waals surface area contributed by atoms with Crippen molar-refractivity contribution in [3.63, 3.8) is 0 Å². The Labute approximate surface area is 195 Å². The van der Waals surface area contributed by atoms with Crippen molar-refractivity contribution in [1.82, 2.24) is 5.32 Å². The van der Waals surface area contributed by atoms with Gasteiger partial charge in [0, 0.05) is 0 Å². The minimum absolute atomic E-state index is 0.129. The molecular formula is C25H28N2O5S. The lowest BCUT2D eigenvalue weighted by Crippen LogP contribution is -2.41. The molecule has 1 amide bonds. The predicted octanol–water partition coefficient (Wildman–Crippen LogP) is 3.70. The molecule has 174 valence electrons. The summed E-state index contributed by atoms with van der Waals surface area (Å²) in [6.07, 6.45) is 0. The number of nitrogens with one attached hydrogen (secondary N) is 1. The molecule has 0 spiro atoms. The van der Waals surface area contributed by atoms with Crippen LogP contribution in [0.3, 0.4) is 0 Å². The minimum Gasteiger partial charge on any atom is -0.497 e. The maximum Gasteiger partial charge on any atom is 0.264 e. The molecule has 0 aliphatic carbocycles. The van der Waals surface area contributed by atoms with Crippen LogP contribution in [0.15, 0.2) is 77.7 Å². The van der Waals surface area contributed by atoms with E-state index >= 15 is 0 Å². The van der Waals surface area contributed by atoms with Crippen molar-refractivity contribution < 1.29 is 22.7 Å². The Hall–Kier alpha value is -3.52. The molecule has 0 aromatic heterocycles. The molecule has 7 nitrogen and oxygen atoms in total. The molecule has 3 aromatic rings. The van der Waals surface area contributed by atoms with Crippen LogP contribution in [0, 0.1) is 13.8 Å². The Balaban J connectivity index is 1.67. The first-order valence-corrected chi connectivity index (χ1v) is 11.9. The molecule has 8 heteroatoms. The molecule has 33 heavy (non-hydrogen) atoms. The van der Waals surface area contributed by atoms with E-state index in [9.17, 15) is 13.2 Å². The summed E-state index contributed by atoms with van der Waals surface area (Å²) < 4.78 is 38.5. The largest absolute Gasteiger partial charge is 0.497 e. The lowest BCUT2D eigenvalue weighted by molar-refractivity contribution is -0.119. The molecule has 0 saturated carbocycles. The number of rotatable bonds is 10. The van der Waals surface area contributed by atoms with Gasteiger partial charge in [0.2, 0.25) is 5.91 Å². The second-order valence-electron chi connectivity index (χ2n) is 7.53. The van der Waals surface area contributed by atoms with E-state index in [2.05, 4.69) is 5.32 Å². The number of anilines is 1. The first-order chi connectivity index (χ1) is 15.8. The van der Waals surface area contributed by atoms with Gasteiger partial charge in [0.25, 0.3) is 10.0 Å². The molecule has 0 aliphatic rings. The number of methoxy groups -OCH3 is 1. The van der Waals surface area contributed by atoms with Crippen LogP contribution < -0.4 is 19.1 Å². The average molecular weight is 469 g/mol. The van der Waals surface area contributed by atoms with Crippen molar-refractivity contribution in [3.8, 4) is 11.5 Å². The van der Waals surface area contributed by atoms with Crippen LogP contribution in [0.5, 0.6) is 11.5 Å². The standard InChI is InChI=1S/C25H28N2O5S/c1-19-4-8-21(9-5-19)27(33(29,30)24-14-6-20(2)7-15-24)18-25(28)26-16-17-32-23-12-10-22(31-3)11-13-23/h4-15H,16-18H2,1-3H3,(H,26,28). The molecule has 0 heterocycles. The van der Waals surface area contributed by atoms with Crippen molar-refractivity contribution in [2.24, 2.45) is 0 Å². The highest BCUT2D eigenvalue weighted by Crippen LogP contribution is 2.24. The monoisotopic (exact) mass is 468 g/mol.